The molecule has 2 rings (SSSR count). The Labute approximate surface area is 115 Å². The Bertz CT molecular complexity index is 430. The predicted molar refractivity (Wildman–Crippen MR) is 77.2 cm³/mol. The van der Waals surface area contributed by atoms with Gasteiger partial charge in [-0.3, -0.25) is 4.79 Å². The molecule has 0 aliphatic heterocycles. The van der Waals surface area contributed by atoms with Crippen molar-refractivity contribution in [3.8, 4) is 0 Å². The largest absolute Gasteiger partial charge is 0.399 e. The van der Waals surface area contributed by atoms with Gasteiger partial charge in [-0.15, -0.1) is 12.4 Å². The number of nitrogen functional groups attached to an aromatic ring is 1. The zero-order chi connectivity index (χ0) is 12.4. The van der Waals surface area contributed by atoms with E-state index in [2.05, 4.69) is 6.92 Å². The van der Waals surface area contributed by atoms with Crippen molar-refractivity contribution in [2.45, 2.75) is 39.2 Å². The van der Waals surface area contributed by atoms with Crippen molar-refractivity contribution in [3.63, 3.8) is 0 Å². The maximum atomic E-state index is 12.5. The van der Waals surface area contributed by atoms with Gasteiger partial charge in [-0.2, -0.15) is 0 Å². The van der Waals surface area contributed by atoms with Gasteiger partial charge >= 0.3 is 0 Å². The molecule has 1 aliphatic rings. The van der Waals surface area contributed by atoms with Crippen LogP contribution in [0.2, 0.25) is 0 Å². The molecule has 3 nitrogen and oxygen atoms in total. The molecule has 0 aromatic heterocycles. The van der Waals surface area contributed by atoms with E-state index in [1.54, 1.807) is 6.07 Å². The summed E-state index contributed by atoms with van der Waals surface area (Å²) in [5.74, 6) is 0.138. The summed E-state index contributed by atoms with van der Waals surface area (Å²) in [6, 6.07) is 6.01. The van der Waals surface area contributed by atoms with Gasteiger partial charge in [-0.05, 0) is 43.9 Å². The van der Waals surface area contributed by atoms with Crippen LogP contribution >= 0.6 is 12.4 Å². The first-order chi connectivity index (χ1) is 8.13. The zero-order valence-corrected chi connectivity index (χ0v) is 11.8. The van der Waals surface area contributed by atoms with E-state index in [4.69, 9.17) is 5.73 Å². The van der Waals surface area contributed by atoms with Crippen molar-refractivity contribution in [3.05, 3.63) is 29.3 Å². The molecule has 1 aliphatic carbocycles. The van der Waals surface area contributed by atoms with Gasteiger partial charge in [0.05, 0.1) is 0 Å². The highest BCUT2D eigenvalue weighted by atomic mass is 35.5. The number of hydrogen-bond acceptors (Lipinski definition) is 2. The van der Waals surface area contributed by atoms with Crippen molar-refractivity contribution in [1.82, 2.24) is 4.90 Å². The molecule has 18 heavy (non-hydrogen) atoms. The standard InChI is InChI=1S/C14H20N2O.ClH/c1-3-8-16(12-6-7-12)14(17)13-9-11(15)5-4-10(13)2;/h4-5,9,12H,3,6-8,15H2,1-2H3;1H. The van der Waals surface area contributed by atoms with E-state index in [-0.39, 0.29) is 18.3 Å². The van der Waals surface area contributed by atoms with Gasteiger partial charge in [0.2, 0.25) is 0 Å². The molecule has 0 saturated heterocycles. The predicted octanol–water partition coefficient (Wildman–Crippen LogP) is 3.01. The number of carbonyl (C=O) groups is 1. The van der Waals surface area contributed by atoms with Crippen LogP contribution in [0.4, 0.5) is 5.69 Å². The lowest BCUT2D eigenvalue weighted by Crippen LogP contribution is -2.34. The molecule has 1 fully saturated rings. The van der Waals surface area contributed by atoms with Gasteiger partial charge in [-0.1, -0.05) is 13.0 Å². The van der Waals surface area contributed by atoms with Crippen LogP contribution in [-0.4, -0.2) is 23.4 Å². The minimum absolute atomic E-state index is 0. The number of amides is 1. The van der Waals surface area contributed by atoms with Crippen molar-refractivity contribution in [1.29, 1.82) is 0 Å². The van der Waals surface area contributed by atoms with Crippen LogP contribution in [0.1, 0.15) is 42.1 Å². The van der Waals surface area contributed by atoms with E-state index < -0.39 is 0 Å². The van der Waals surface area contributed by atoms with Crippen LogP contribution in [-0.2, 0) is 0 Å². The van der Waals surface area contributed by atoms with Gasteiger partial charge in [0.1, 0.15) is 0 Å². The van der Waals surface area contributed by atoms with E-state index in [1.807, 2.05) is 24.0 Å². The molecule has 0 atom stereocenters. The Kier molecular flexibility index (Phi) is 5.03. The Morgan fingerprint density at radius 2 is 2.11 bits per heavy atom. The third-order valence-electron chi connectivity index (χ3n) is 3.21. The summed E-state index contributed by atoms with van der Waals surface area (Å²) >= 11 is 0. The molecule has 1 amide bonds. The van der Waals surface area contributed by atoms with E-state index in [0.717, 1.165) is 36.9 Å². The monoisotopic (exact) mass is 268 g/mol. The number of nitrogens with zero attached hydrogens (tertiary/aromatic N) is 1. The SMILES string of the molecule is CCCN(C(=O)c1cc(N)ccc1C)C1CC1.Cl. The molecule has 1 aromatic rings. The number of halogens is 1. The van der Waals surface area contributed by atoms with Gasteiger partial charge in [0, 0.05) is 23.8 Å². The molecule has 0 bridgehead atoms. The summed E-state index contributed by atoms with van der Waals surface area (Å²) in [4.78, 5) is 14.5. The van der Waals surface area contributed by atoms with Crippen LogP contribution in [0.3, 0.4) is 0 Å². The topological polar surface area (TPSA) is 46.3 Å². The Morgan fingerprint density at radius 1 is 1.44 bits per heavy atom. The minimum atomic E-state index is 0. The lowest BCUT2D eigenvalue weighted by molar-refractivity contribution is 0.0742. The molecular weight excluding hydrogens is 248 g/mol. The second-order valence-corrected chi connectivity index (χ2v) is 4.80. The highest BCUT2D eigenvalue weighted by molar-refractivity contribution is 5.96. The van der Waals surface area contributed by atoms with Gasteiger partial charge in [-0.25, -0.2) is 0 Å². The normalized spacial score (nSPS) is 13.9. The molecule has 1 saturated carbocycles. The highest BCUT2D eigenvalue weighted by Crippen LogP contribution is 2.29. The quantitative estimate of drug-likeness (QED) is 0.854. The lowest BCUT2D eigenvalue weighted by atomic mass is 10.1. The third kappa shape index (κ3) is 3.16. The number of hydrogen-bond donors (Lipinski definition) is 1. The first kappa shape index (κ1) is 14.8. The highest BCUT2D eigenvalue weighted by Gasteiger charge is 2.32. The van der Waals surface area contributed by atoms with E-state index in [9.17, 15) is 4.79 Å². The number of benzene rings is 1. The molecule has 0 heterocycles. The van der Waals surface area contributed by atoms with Crippen LogP contribution < -0.4 is 5.73 Å². The van der Waals surface area contributed by atoms with Crippen molar-refractivity contribution < 1.29 is 4.79 Å². The minimum Gasteiger partial charge on any atom is -0.399 e. The number of anilines is 1. The summed E-state index contributed by atoms with van der Waals surface area (Å²) in [7, 11) is 0. The van der Waals surface area contributed by atoms with E-state index in [0.29, 0.717) is 11.7 Å². The van der Waals surface area contributed by atoms with Crippen LogP contribution in [0, 0.1) is 6.92 Å². The molecule has 0 spiro atoms. The maximum Gasteiger partial charge on any atom is 0.254 e. The molecule has 4 heteroatoms. The van der Waals surface area contributed by atoms with Crippen LogP contribution in [0.25, 0.3) is 0 Å². The summed E-state index contributed by atoms with van der Waals surface area (Å²) in [6.45, 7) is 4.91. The zero-order valence-electron chi connectivity index (χ0n) is 11.0. The summed E-state index contributed by atoms with van der Waals surface area (Å²) in [5.41, 5.74) is 8.18. The Hall–Kier alpha value is -1.22. The molecule has 2 N–H and O–H groups in total. The lowest BCUT2D eigenvalue weighted by Gasteiger charge is -2.22. The second kappa shape index (κ2) is 6.10. The van der Waals surface area contributed by atoms with Crippen LogP contribution in [0.5, 0.6) is 0 Å². The van der Waals surface area contributed by atoms with Gasteiger partial charge < -0.3 is 10.6 Å². The molecule has 1 aromatic carbocycles. The van der Waals surface area contributed by atoms with Gasteiger partial charge in [0.25, 0.3) is 5.91 Å². The average molecular weight is 269 g/mol. The molecular formula is C14H21ClN2O. The summed E-state index contributed by atoms with van der Waals surface area (Å²) < 4.78 is 0. The first-order valence-corrected chi connectivity index (χ1v) is 6.30. The number of aryl methyl sites for hydroxylation is 1. The molecule has 0 radical (unpaired) electrons. The molecule has 0 unspecified atom stereocenters. The van der Waals surface area contributed by atoms with Crippen molar-refractivity contribution >= 4 is 24.0 Å². The smallest absolute Gasteiger partial charge is 0.254 e. The van der Waals surface area contributed by atoms with E-state index in [1.165, 1.54) is 0 Å². The first-order valence-electron chi connectivity index (χ1n) is 6.30. The Balaban J connectivity index is 0.00000162. The number of carbonyl (C=O) groups excluding carboxylic acids is 1. The molecule has 100 valence electrons. The van der Waals surface area contributed by atoms with Crippen molar-refractivity contribution in [2.24, 2.45) is 0 Å². The second-order valence-electron chi connectivity index (χ2n) is 4.80. The Morgan fingerprint density at radius 3 is 2.67 bits per heavy atom. The maximum absolute atomic E-state index is 12.5. The summed E-state index contributed by atoms with van der Waals surface area (Å²) in [5, 5.41) is 0. The fourth-order valence-corrected chi connectivity index (χ4v) is 2.10. The fraction of sp³-hybridized carbons (Fsp3) is 0.500. The van der Waals surface area contributed by atoms with Gasteiger partial charge in [0.15, 0.2) is 0 Å². The average Bonchev–Trinajstić information content (AvgIpc) is 3.12. The summed E-state index contributed by atoms with van der Waals surface area (Å²) in [6.07, 6.45) is 3.30. The van der Waals surface area contributed by atoms with Crippen LogP contribution in [0.15, 0.2) is 18.2 Å². The number of rotatable bonds is 4. The van der Waals surface area contributed by atoms with E-state index >= 15 is 0 Å². The number of nitrogens with two attached hydrogens (primary N) is 1. The van der Waals surface area contributed by atoms with Crippen molar-refractivity contribution in [2.75, 3.05) is 12.3 Å². The fourth-order valence-electron chi connectivity index (χ4n) is 2.10. The third-order valence-corrected chi connectivity index (χ3v) is 3.21.